The van der Waals surface area contributed by atoms with E-state index in [1.165, 1.54) is 18.0 Å². The molecule has 0 unspecified atom stereocenters. The second-order valence-electron chi connectivity index (χ2n) is 6.10. The third kappa shape index (κ3) is 3.59. The van der Waals surface area contributed by atoms with Crippen LogP contribution >= 0.6 is 23.4 Å². The number of carbonyl (C=O) groups is 1. The number of nitrogens with zero attached hydrogens (tertiary/aromatic N) is 3. The van der Waals surface area contributed by atoms with Crippen LogP contribution in [-0.2, 0) is 4.79 Å². The molecule has 1 fully saturated rings. The number of aromatic nitrogens is 1. The summed E-state index contributed by atoms with van der Waals surface area (Å²) in [6.07, 6.45) is 6.76. The Bertz CT molecular complexity index is 1130. The van der Waals surface area contributed by atoms with Gasteiger partial charge in [0, 0.05) is 18.9 Å². The molecule has 0 aliphatic carbocycles. The third-order valence-electron chi connectivity index (χ3n) is 4.28. The highest BCUT2D eigenvalue weighted by atomic mass is 35.5. The van der Waals surface area contributed by atoms with Gasteiger partial charge in [-0.05, 0) is 40.2 Å². The molecule has 4 rings (SSSR count). The molecule has 6 heteroatoms. The number of thioether (sulfide) groups is 1. The van der Waals surface area contributed by atoms with Gasteiger partial charge in [-0.1, -0.05) is 60.1 Å². The molecule has 0 bridgehead atoms. The molecule has 2 aromatic carbocycles. The molecule has 28 heavy (non-hydrogen) atoms. The van der Waals surface area contributed by atoms with Crippen LogP contribution in [0.1, 0.15) is 5.56 Å². The van der Waals surface area contributed by atoms with Crippen molar-refractivity contribution in [2.24, 2.45) is 4.99 Å². The summed E-state index contributed by atoms with van der Waals surface area (Å²) in [6, 6.07) is 15.9. The van der Waals surface area contributed by atoms with Crippen molar-refractivity contribution in [3.8, 4) is 0 Å². The molecule has 4 nitrogen and oxygen atoms in total. The van der Waals surface area contributed by atoms with Crippen LogP contribution in [0.3, 0.4) is 0 Å². The Hall–Kier alpha value is -2.89. The van der Waals surface area contributed by atoms with E-state index >= 15 is 0 Å². The first-order chi connectivity index (χ1) is 13.7. The Morgan fingerprint density at radius 1 is 1.18 bits per heavy atom. The molecule has 1 aliphatic rings. The van der Waals surface area contributed by atoms with E-state index in [-0.39, 0.29) is 5.91 Å². The summed E-state index contributed by atoms with van der Waals surface area (Å²) in [5.74, 6) is -0.0956. The van der Waals surface area contributed by atoms with Gasteiger partial charge in [-0.25, -0.2) is 4.99 Å². The summed E-state index contributed by atoms with van der Waals surface area (Å²) >= 11 is 7.51. The number of carbonyl (C=O) groups excluding carboxylic acids is 1. The van der Waals surface area contributed by atoms with Crippen molar-refractivity contribution in [2.45, 2.75) is 0 Å². The van der Waals surface area contributed by atoms with Crippen LogP contribution in [0.5, 0.6) is 0 Å². The van der Waals surface area contributed by atoms with Crippen LogP contribution in [0.4, 0.5) is 5.69 Å². The SMILES string of the molecule is C=CCN1C(=O)/C(=C/c2cccc3ccccc23)SC1=Nc1ccncc1Cl. The van der Waals surface area contributed by atoms with Gasteiger partial charge in [-0.15, -0.1) is 6.58 Å². The van der Waals surface area contributed by atoms with Crippen LogP contribution in [0.25, 0.3) is 16.8 Å². The van der Waals surface area contributed by atoms with Gasteiger partial charge < -0.3 is 0 Å². The van der Waals surface area contributed by atoms with Gasteiger partial charge in [0.15, 0.2) is 5.17 Å². The summed E-state index contributed by atoms with van der Waals surface area (Å²) in [5, 5.41) is 3.24. The van der Waals surface area contributed by atoms with Crippen molar-refractivity contribution in [1.82, 2.24) is 9.88 Å². The minimum Gasteiger partial charge on any atom is -0.283 e. The van der Waals surface area contributed by atoms with Gasteiger partial charge in [0.05, 0.1) is 15.6 Å². The van der Waals surface area contributed by atoms with Crippen LogP contribution in [0, 0.1) is 0 Å². The predicted octanol–water partition coefficient (Wildman–Crippen LogP) is 5.68. The van der Waals surface area contributed by atoms with E-state index < -0.39 is 0 Å². The number of hydrogen-bond acceptors (Lipinski definition) is 4. The fourth-order valence-electron chi connectivity index (χ4n) is 2.96. The first-order valence-electron chi connectivity index (χ1n) is 8.65. The van der Waals surface area contributed by atoms with Crippen molar-refractivity contribution in [3.63, 3.8) is 0 Å². The first-order valence-corrected chi connectivity index (χ1v) is 9.85. The number of benzene rings is 2. The zero-order valence-electron chi connectivity index (χ0n) is 14.9. The fourth-order valence-corrected chi connectivity index (χ4v) is 4.11. The minimum atomic E-state index is -0.0956. The second-order valence-corrected chi connectivity index (χ2v) is 7.52. The lowest BCUT2D eigenvalue weighted by Crippen LogP contribution is -2.29. The highest BCUT2D eigenvalue weighted by Gasteiger charge is 2.32. The van der Waals surface area contributed by atoms with Crippen molar-refractivity contribution in [2.75, 3.05) is 6.54 Å². The maximum absolute atomic E-state index is 13.0. The number of amidine groups is 1. The molecule has 3 aromatic rings. The maximum atomic E-state index is 13.0. The molecular formula is C22H16ClN3OS. The number of hydrogen-bond donors (Lipinski definition) is 0. The molecular weight excluding hydrogens is 390 g/mol. The molecule has 0 saturated carbocycles. The van der Waals surface area contributed by atoms with E-state index in [9.17, 15) is 4.79 Å². The fraction of sp³-hybridized carbons (Fsp3) is 0.0455. The Morgan fingerprint density at radius 3 is 2.82 bits per heavy atom. The first kappa shape index (κ1) is 18.5. The highest BCUT2D eigenvalue weighted by molar-refractivity contribution is 8.18. The molecule has 0 spiro atoms. The Kier molecular flexibility index (Phi) is 5.28. The van der Waals surface area contributed by atoms with E-state index in [4.69, 9.17) is 11.6 Å². The van der Waals surface area contributed by atoms with Gasteiger partial charge in [0.2, 0.25) is 0 Å². The molecule has 1 amide bonds. The van der Waals surface area contributed by atoms with Crippen molar-refractivity contribution >= 4 is 57.0 Å². The number of fused-ring (bicyclic) bond motifs is 1. The van der Waals surface area contributed by atoms with Crippen LogP contribution in [0.2, 0.25) is 5.02 Å². The number of halogens is 1. The molecule has 0 atom stereocenters. The van der Waals surface area contributed by atoms with Crippen LogP contribution < -0.4 is 0 Å². The van der Waals surface area contributed by atoms with E-state index in [1.807, 2.05) is 30.3 Å². The van der Waals surface area contributed by atoms with E-state index in [0.29, 0.717) is 27.3 Å². The summed E-state index contributed by atoms with van der Waals surface area (Å²) in [5.41, 5.74) is 1.57. The summed E-state index contributed by atoms with van der Waals surface area (Å²) in [7, 11) is 0. The minimum absolute atomic E-state index is 0.0956. The number of rotatable bonds is 4. The van der Waals surface area contributed by atoms with Gasteiger partial charge in [0.25, 0.3) is 5.91 Å². The van der Waals surface area contributed by atoms with E-state index in [0.717, 1.165) is 16.3 Å². The summed E-state index contributed by atoms with van der Waals surface area (Å²) < 4.78 is 0. The number of amides is 1. The molecule has 0 radical (unpaired) electrons. The van der Waals surface area contributed by atoms with Crippen LogP contribution in [0.15, 0.2) is 83.5 Å². The van der Waals surface area contributed by atoms with Gasteiger partial charge in [0.1, 0.15) is 0 Å². The van der Waals surface area contributed by atoms with Gasteiger partial charge in [-0.2, -0.15) is 0 Å². The lowest BCUT2D eigenvalue weighted by atomic mass is 10.0. The second kappa shape index (κ2) is 8.00. The summed E-state index contributed by atoms with van der Waals surface area (Å²) in [4.78, 5) is 23.8. The Labute approximate surface area is 172 Å². The van der Waals surface area contributed by atoms with Gasteiger partial charge in [-0.3, -0.25) is 14.7 Å². The maximum Gasteiger partial charge on any atom is 0.267 e. The van der Waals surface area contributed by atoms with Crippen LogP contribution in [-0.4, -0.2) is 27.5 Å². The third-order valence-corrected chi connectivity index (χ3v) is 5.57. The van der Waals surface area contributed by atoms with Crippen molar-refractivity contribution in [3.05, 3.63) is 89.1 Å². The standard InChI is InChI=1S/C22H16ClN3OS/c1-2-12-26-21(27)20(28-22(26)25-19-10-11-24-14-18(19)23)13-16-8-5-7-15-6-3-4-9-17(15)16/h2-11,13-14H,1,12H2/b20-13-,25-22?. The molecule has 0 N–H and O–H groups in total. The van der Waals surface area contributed by atoms with E-state index in [1.54, 1.807) is 23.2 Å². The monoisotopic (exact) mass is 405 g/mol. The quantitative estimate of drug-likeness (QED) is 0.414. The molecule has 1 saturated heterocycles. The number of aliphatic imine (C=N–C) groups is 1. The van der Waals surface area contributed by atoms with Crippen molar-refractivity contribution < 1.29 is 4.79 Å². The average Bonchev–Trinajstić information content (AvgIpc) is 2.99. The topological polar surface area (TPSA) is 45.6 Å². The molecule has 138 valence electrons. The van der Waals surface area contributed by atoms with E-state index in [2.05, 4.69) is 34.8 Å². The average molecular weight is 406 g/mol. The normalized spacial score (nSPS) is 17.0. The lowest BCUT2D eigenvalue weighted by Gasteiger charge is -2.12. The largest absolute Gasteiger partial charge is 0.283 e. The zero-order chi connectivity index (χ0) is 19.5. The highest BCUT2D eigenvalue weighted by Crippen LogP contribution is 2.36. The Morgan fingerprint density at radius 2 is 2.00 bits per heavy atom. The molecule has 1 aromatic heterocycles. The van der Waals surface area contributed by atoms with Crippen molar-refractivity contribution in [1.29, 1.82) is 0 Å². The molecule has 2 heterocycles. The zero-order valence-corrected chi connectivity index (χ0v) is 16.5. The predicted molar refractivity (Wildman–Crippen MR) is 118 cm³/mol. The lowest BCUT2D eigenvalue weighted by molar-refractivity contribution is -0.121. The molecule has 1 aliphatic heterocycles. The Balaban J connectivity index is 1.76. The number of pyridine rings is 1. The smallest absolute Gasteiger partial charge is 0.267 e. The van der Waals surface area contributed by atoms with Gasteiger partial charge >= 0.3 is 0 Å². The summed E-state index contributed by atoms with van der Waals surface area (Å²) in [6.45, 7) is 4.13.